The van der Waals surface area contributed by atoms with Crippen LogP contribution in [0.25, 0.3) is 11.3 Å². The molecule has 2 aromatic rings. The number of ether oxygens (including phenoxy) is 1. The predicted molar refractivity (Wildman–Crippen MR) is 67.1 cm³/mol. The maximum atomic E-state index is 13.1. The van der Waals surface area contributed by atoms with E-state index in [4.69, 9.17) is 4.74 Å². The fourth-order valence-electron chi connectivity index (χ4n) is 1.54. The second-order valence-corrected chi connectivity index (χ2v) is 4.38. The third kappa shape index (κ3) is 2.58. The summed E-state index contributed by atoms with van der Waals surface area (Å²) < 4.78 is 18.2. The van der Waals surface area contributed by atoms with Gasteiger partial charge >= 0.3 is 5.97 Å². The number of benzene rings is 1. The molecule has 0 atom stereocenters. The summed E-state index contributed by atoms with van der Waals surface area (Å²) in [4.78, 5) is 11.7. The van der Waals surface area contributed by atoms with Crippen molar-refractivity contribution in [1.82, 2.24) is 15.4 Å². The van der Waals surface area contributed by atoms with Gasteiger partial charge in [0.15, 0.2) is 5.69 Å². The van der Waals surface area contributed by atoms with E-state index >= 15 is 0 Å². The first-order valence-electron chi connectivity index (χ1n) is 5.30. The number of H-pyrrole nitrogens is 1. The number of phenols is 1. The van der Waals surface area contributed by atoms with Gasteiger partial charge in [-0.1, -0.05) is 0 Å². The molecule has 19 heavy (non-hydrogen) atoms. The Morgan fingerprint density at radius 2 is 2.26 bits per heavy atom. The summed E-state index contributed by atoms with van der Waals surface area (Å²) in [6, 6.07) is 2.07. The number of hydrogen-bond donors (Lipinski definition) is 2. The van der Waals surface area contributed by atoms with Crippen molar-refractivity contribution in [1.29, 1.82) is 0 Å². The van der Waals surface area contributed by atoms with Crippen LogP contribution < -0.4 is 0 Å². The molecule has 1 aromatic carbocycles. The minimum atomic E-state index is -0.679. The molecule has 0 aliphatic heterocycles. The van der Waals surface area contributed by atoms with E-state index in [0.717, 1.165) is 12.1 Å². The largest absolute Gasteiger partial charge is 0.507 e. The van der Waals surface area contributed by atoms with Gasteiger partial charge < -0.3 is 9.84 Å². The number of nitrogens with zero attached hydrogens (tertiary/aromatic N) is 2. The molecule has 0 saturated carbocycles. The maximum Gasteiger partial charge on any atom is 0.361 e. The summed E-state index contributed by atoms with van der Waals surface area (Å²) in [5.74, 6) is -1.65. The van der Waals surface area contributed by atoms with E-state index in [1.807, 2.05) is 0 Å². The van der Waals surface area contributed by atoms with Crippen molar-refractivity contribution in [2.24, 2.45) is 0 Å². The molecule has 0 aliphatic rings. The third-order valence-corrected chi connectivity index (χ3v) is 2.91. The first kappa shape index (κ1) is 13.5. The third-order valence-electron chi connectivity index (χ3n) is 2.29. The monoisotopic (exact) mass is 329 g/mol. The summed E-state index contributed by atoms with van der Waals surface area (Å²) in [5.41, 5.74) is 0.172. The van der Waals surface area contributed by atoms with Crippen molar-refractivity contribution < 1.29 is 19.0 Å². The molecule has 100 valence electrons. The lowest BCUT2D eigenvalue weighted by atomic mass is 10.1. The molecule has 0 saturated heterocycles. The molecule has 1 heterocycles. The summed E-state index contributed by atoms with van der Waals surface area (Å²) in [7, 11) is 0. The van der Waals surface area contributed by atoms with E-state index < -0.39 is 11.8 Å². The van der Waals surface area contributed by atoms with Crippen LogP contribution in [-0.4, -0.2) is 33.1 Å². The highest BCUT2D eigenvalue weighted by atomic mass is 79.9. The zero-order valence-corrected chi connectivity index (χ0v) is 11.4. The van der Waals surface area contributed by atoms with E-state index in [-0.39, 0.29) is 33.8 Å². The fraction of sp³-hybridized carbons (Fsp3) is 0.182. The molecule has 1 aromatic heterocycles. The molecule has 6 nitrogen and oxygen atoms in total. The Morgan fingerprint density at radius 1 is 1.53 bits per heavy atom. The first-order chi connectivity index (χ1) is 9.04. The second-order valence-electron chi connectivity index (χ2n) is 3.52. The number of rotatable bonds is 3. The van der Waals surface area contributed by atoms with Gasteiger partial charge in [0.2, 0.25) is 0 Å². The van der Waals surface area contributed by atoms with Gasteiger partial charge in [0, 0.05) is 10.5 Å². The number of hydrogen-bond acceptors (Lipinski definition) is 5. The maximum absolute atomic E-state index is 13.1. The van der Waals surface area contributed by atoms with Gasteiger partial charge in [-0.15, -0.1) is 5.10 Å². The number of halogens is 2. The highest BCUT2D eigenvalue weighted by Gasteiger charge is 2.23. The highest BCUT2D eigenvalue weighted by molar-refractivity contribution is 9.10. The number of aromatic hydroxyl groups is 1. The van der Waals surface area contributed by atoms with Crippen LogP contribution in [0.1, 0.15) is 17.4 Å². The number of esters is 1. The number of carbonyl (C=O) groups excluding carboxylic acids is 1. The molecule has 0 unspecified atom stereocenters. The van der Waals surface area contributed by atoms with Crippen molar-refractivity contribution in [3.63, 3.8) is 0 Å². The fourth-order valence-corrected chi connectivity index (χ4v) is 2.15. The molecule has 2 N–H and O–H groups in total. The molecular weight excluding hydrogens is 321 g/mol. The Morgan fingerprint density at radius 3 is 2.89 bits per heavy atom. The summed E-state index contributed by atoms with van der Waals surface area (Å²) >= 11 is 3.11. The lowest BCUT2D eigenvalue weighted by Crippen LogP contribution is -2.07. The summed E-state index contributed by atoms with van der Waals surface area (Å²) in [6.45, 7) is 1.84. The molecule has 0 aliphatic carbocycles. The lowest BCUT2D eigenvalue weighted by Gasteiger charge is -2.06. The molecule has 8 heteroatoms. The Labute approximate surface area is 115 Å². The number of phenolic OH excluding ortho intramolecular Hbond substituents is 1. The first-order valence-corrected chi connectivity index (χ1v) is 6.10. The number of carbonyl (C=O) groups is 1. The molecule has 0 radical (unpaired) electrons. The number of nitrogens with one attached hydrogen (secondary N) is 1. The van der Waals surface area contributed by atoms with Crippen LogP contribution in [-0.2, 0) is 4.74 Å². The summed E-state index contributed by atoms with van der Waals surface area (Å²) in [6.07, 6.45) is 0. The van der Waals surface area contributed by atoms with E-state index in [1.165, 1.54) is 0 Å². The topological polar surface area (TPSA) is 88.1 Å². The predicted octanol–water partition coefficient (Wildman–Crippen LogP) is 2.26. The Kier molecular flexibility index (Phi) is 3.79. The smallest absolute Gasteiger partial charge is 0.361 e. The zero-order chi connectivity index (χ0) is 14.0. The van der Waals surface area contributed by atoms with Gasteiger partial charge in [0.25, 0.3) is 0 Å². The molecule has 0 bridgehead atoms. The van der Waals surface area contributed by atoms with E-state index in [1.54, 1.807) is 6.92 Å². The Balaban J connectivity index is 2.55. The van der Waals surface area contributed by atoms with Gasteiger partial charge in [-0.25, -0.2) is 9.18 Å². The van der Waals surface area contributed by atoms with Crippen LogP contribution >= 0.6 is 15.9 Å². The zero-order valence-electron chi connectivity index (χ0n) is 9.78. The molecular formula is C11H9BrFN3O3. The standard InChI is InChI=1S/C11H9BrFN3O3/c1-2-19-11(18)10-9(14-16-15-10)8-6(12)3-5(13)4-7(8)17/h3-4,17H,2H2,1H3,(H,14,15,16). The second kappa shape index (κ2) is 5.35. The molecule has 0 fully saturated rings. The Bertz CT molecular complexity index is 606. The molecule has 0 spiro atoms. The number of aromatic nitrogens is 3. The van der Waals surface area contributed by atoms with E-state index in [0.29, 0.717) is 0 Å². The van der Waals surface area contributed by atoms with Crippen LogP contribution in [0.2, 0.25) is 0 Å². The van der Waals surface area contributed by atoms with Crippen molar-refractivity contribution >= 4 is 21.9 Å². The van der Waals surface area contributed by atoms with Crippen molar-refractivity contribution in [3.05, 3.63) is 28.1 Å². The lowest BCUT2D eigenvalue weighted by molar-refractivity contribution is 0.0520. The van der Waals surface area contributed by atoms with Crippen LogP contribution in [0.4, 0.5) is 4.39 Å². The van der Waals surface area contributed by atoms with Crippen LogP contribution in [0, 0.1) is 5.82 Å². The molecule has 2 rings (SSSR count). The van der Waals surface area contributed by atoms with Gasteiger partial charge in [-0.2, -0.15) is 10.3 Å². The minimum Gasteiger partial charge on any atom is -0.507 e. The number of aromatic amines is 1. The minimum absolute atomic E-state index is 0.0792. The van der Waals surface area contributed by atoms with Gasteiger partial charge in [0.05, 0.1) is 12.2 Å². The summed E-state index contributed by atoms with van der Waals surface area (Å²) in [5, 5.41) is 19.5. The van der Waals surface area contributed by atoms with Gasteiger partial charge in [-0.3, -0.25) is 0 Å². The normalized spacial score (nSPS) is 10.5. The van der Waals surface area contributed by atoms with Crippen molar-refractivity contribution in [3.8, 4) is 17.0 Å². The average molecular weight is 330 g/mol. The highest BCUT2D eigenvalue weighted by Crippen LogP contribution is 2.37. The SMILES string of the molecule is CCOC(=O)c1n[nH]nc1-c1c(O)cc(F)cc1Br. The average Bonchev–Trinajstić information content (AvgIpc) is 2.77. The van der Waals surface area contributed by atoms with Crippen LogP contribution in [0.15, 0.2) is 16.6 Å². The quantitative estimate of drug-likeness (QED) is 0.843. The Hall–Kier alpha value is -1.96. The van der Waals surface area contributed by atoms with Crippen molar-refractivity contribution in [2.75, 3.05) is 6.61 Å². The van der Waals surface area contributed by atoms with Crippen LogP contribution in [0.3, 0.4) is 0 Å². The van der Waals surface area contributed by atoms with Gasteiger partial charge in [-0.05, 0) is 28.9 Å². The van der Waals surface area contributed by atoms with Crippen molar-refractivity contribution in [2.45, 2.75) is 6.92 Å². The van der Waals surface area contributed by atoms with E-state index in [9.17, 15) is 14.3 Å². The van der Waals surface area contributed by atoms with Crippen LogP contribution in [0.5, 0.6) is 5.75 Å². The van der Waals surface area contributed by atoms with E-state index in [2.05, 4.69) is 31.3 Å². The van der Waals surface area contributed by atoms with Gasteiger partial charge in [0.1, 0.15) is 17.3 Å². The molecule has 0 amide bonds.